The van der Waals surface area contributed by atoms with E-state index in [-0.39, 0.29) is 5.91 Å². The Morgan fingerprint density at radius 1 is 1.31 bits per heavy atom. The van der Waals surface area contributed by atoms with Crippen LogP contribution in [-0.4, -0.2) is 51.3 Å². The topological polar surface area (TPSA) is 38.8 Å². The fourth-order valence-corrected chi connectivity index (χ4v) is 1.53. The van der Waals surface area contributed by atoms with Crippen LogP contribution in [0.1, 0.15) is 6.42 Å². The summed E-state index contributed by atoms with van der Waals surface area (Å²) in [4.78, 5) is 13.8. The molecule has 0 radical (unpaired) electrons. The van der Waals surface area contributed by atoms with E-state index >= 15 is 0 Å². The summed E-state index contributed by atoms with van der Waals surface area (Å²) in [6.07, 6.45) is 6.50. The number of allylic oxidation sites excluding steroid dienone is 3. The van der Waals surface area contributed by atoms with Gasteiger partial charge in [-0.3, -0.25) is 4.79 Å². The molecule has 1 aliphatic carbocycles. The van der Waals surface area contributed by atoms with Crippen LogP contribution >= 0.6 is 0 Å². The van der Waals surface area contributed by atoms with Gasteiger partial charge in [-0.05, 0) is 6.42 Å². The standard InChI is InChI=1S/C12H19NO3/c1-15-9-7-13(8-10-16-2)12(14)11-5-3-4-6-11/h3-5H,6-10H2,1-2H3. The molecule has 0 bridgehead atoms. The van der Waals surface area contributed by atoms with Crippen LogP contribution < -0.4 is 0 Å². The van der Waals surface area contributed by atoms with Crippen molar-refractivity contribution in [2.24, 2.45) is 0 Å². The summed E-state index contributed by atoms with van der Waals surface area (Å²) < 4.78 is 9.99. The van der Waals surface area contributed by atoms with E-state index in [1.807, 2.05) is 18.2 Å². The van der Waals surface area contributed by atoms with Crippen LogP contribution in [0.3, 0.4) is 0 Å². The second-order valence-corrected chi connectivity index (χ2v) is 3.60. The highest BCUT2D eigenvalue weighted by Crippen LogP contribution is 2.13. The highest BCUT2D eigenvalue weighted by atomic mass is 16.5. The molecule has 1 amide bonds. The van der Waals surface area contributed by atoms with Gasteiger partial charge >= 0.3 is 0 Å². The Bertz CT molecular complexity index is 276. The lowest BCUT2D eigenvalue weighted by Gasteiger charge is -2.22. The van der Waals surface area contributed by atoms with Crippen molar-refractivity contribution in [1.82, 2.24) is 4.90 Å². The molecule has 0 aromatic heterocycles. The third-order valence-electron chi connectivity index (χ3n) is 2.46. The van der Waals surface area contributed by atoms with E-state index in [1.54, 1.807) is 19.1 Å². The molecule has 0 N–H and O–H groups in total. The first-order chi connectivity index (χ1) is 7.79. The highest BCUT2D eigenvalue weighted by molar-refractivity contribution is 5.94. The van der Waals surface area contributed by atoms with Crippen LogP contribution in [0.4, 0.5) is 0 Å². The van der Waals surface area contributed by atoms with Crippen molar-refractivity contribution in [3.05, 3.63) is 23.8 Å². The van der Waals surface area contributed by atoms with Crippen LogP contribution in [0.15, 0.2) is 23.8 Å². The van der Waals surface area contributed by atoms with Gasteiger partial charge in [-0.25, -0.2) is 0 Å². The molecule has 90 valence electrons. The normalized spacial score (nSPS) is 14.0. The van der Waals surface area contributed by atoms with Gasteiger partial charge in [0.15, 0.2) is 0 Å². The van der Waals surface area contributed by atoms with Crippen molar-refractivity contribution in [3.63, 3.8) is 0 Å². The first kappa shape index (κ1) is 12.9. The predicted octanol–water partition coefficient (Wildman–Crippen LogP) is 0.994. The second kappa shape index (κ2) is 7.19. The van der Waals surface area contributed by atoms with E-state index in [9.17, 15) is 4.79 Å². The van der Waals surface area contributed by atoms with Gasteiger partial charge in [-0.15, -0.1) is 0 Å². The van der Waals surface area contributed by atoms with E-state index in [0.717, 1.165) is 12.0 Å². The summed E-state index contributed by atoms with van der Waals surface area (Å²) in [5, 5.41) is 0. The minimum absolute atomic E-state index is 0.0825. The maximum Gasteiger partial charge on any atom is 0.250 e. The van der Waals surface area contributed by atoms with E-state index in [0.29, 0.717) is 26.3 Å². The number of hydrogen-bond donors (Lipinski definition) is 0. The van der Waals surface area contributed by atoms with E-state index < -0.39 is 0 Å². The third kappa shape index (κ3) is 3.79. The Labute approximate surface area is 96.5 Å². The van der Waals surface area contributed by atoms with E-state index in [2.05, 4.69) is 0 Å². The van der Waals surface area contributed by atoms with E-state index in [1.165, 1.54) is 0 Å². The molecule has 0 atom stereocenters. The second-order valence-electron chi connectivity index (χ2n) is 3.60. The molecule has 0 aromatic carbocycles. The Morgan fingerprint density at radius 3 is 2.38 bits per heavy atom. The maximum atomic E-state index is 12.1. The lowest BCUT2D eigenvalue weighted by atomic mass is 10.2. The van der Waals surface area contributed by atoms with Crippen LogP contribution in [-0.2, 0) is 14.3 Å². The summed E-state index contributed by atoms with van der Waals surface area (Å²) >= 11 is 0. The molecule has 1 rings (SSSR count). The van der Waals surface area contributed by atoms with Crippen LogP contribution in [0, 0.1) is 0 Å². The molecule has 0 saturated carbocycles. The quantitative estimate of drug-likeness (QED) is 0.648. The lowest BCUT2D eigenvalue weighted by molar-refractivity contribution is -0.128. The van der Waals surface area contributed by atoms with Crippen molar-refractivity contribution in [1.29, 1.82) is 0 Å². The summed E-state index contributed by atoms with van der Waals surface area (Å²) in [6.45, 7) is 2.32. The van der Waals surface area contributed by atoms with Gasteiger partial charge in [0.25, 0.3) is 0 Å². The molecule has 4 heteroatoms. The number of hydrogen-bond acceptors (Lipinski definition) is 3. The van der Waals surface area contributed by atoms with E-state index in [4.69, 9.17) is 9.47 Å². The summed E-state index contributed by atoms with van der Waals surface area (Å²) in [5.74, 6) is 0.0825. The molecule has 0 spiro atoms. The number of methoxy groups -OCH3 is 2. The summed E-state index contributed by atoms with van der Waals surface area (Å²) in [5.41, 5.74) is 0.840. The van der Waals surface area contributed by atoms with Gasteiger partial charge in [0, 0.05) is 32.9 Å². The first-order valence-corrected chi connectivity index (χ1v) is 5.42. The molecule has 1 aliphatic rings. The Hall–Kier alpha value is -1.13. The molecule has 16 heavy (non-hydrogen) atoms. The van der Waals surface area contributed by atoms with Crippen molar-refractivity contribution in [2.75, 3.05) is 40.5 Å². The number of carbonyl (C=O) groups is 1. The predicted molar refractivity (Wildman–Crippen MR) is 62.2 cm³/mol. The van der Waals surface area contributed by atoms with Gasteiger partial charge in [0.2, 0.25) is 5.91 Å². The molecule has 0 heterocycles. The molecule has 0 saturated heterocycles. The van der Waals surface area contributed by atoms with Crippen molar-refractivity contribution in [2.45, 2.75) is 6.42 Å². The summed E-state index contributed by atoms with van der Waals surface area (Å²) in [7, 11) is 3.27. The zero-order valence-corrected chi connectivity index (χ0v) is 9.94. The monoisotopic (exact) mass is 225 g/mol. The smallest absolute Gasteiger partial charge is 0.250 e. The molecular weight excluding hydrogens is 206 g/mol. The number of rotatable bonds is 7. The molecule has 4 nitrogen and oxygen atoms in total. The van der Waals surface area contributed by atoms with Gasteiger partial charge in [-0.1, -0.05) is 18.2 Å². The molecule has 0 fully saturated rings. The fourth-order valence-electron chi connectivity index (χ4n) is 1.53. The molecule has 0 unspecified atom stereocenters. The average molecular weight is 225 g/mol. The number of nitrogens with zero attached hydrogens (tertiary/aromatic N) is 1. The zero-order chi connectivity index (χ0) is 11.8. The largest absolute Gasteiger partial charge is 0.383 e. The van der Waals surface area contributed by atoms with Gasteiger partial charge in [0.05, 0.1) is 13.2 Å². The van der Waals surface area contributed by atoms with Gasteiger partial charge < -0.3 is 14.4 Å². The Kier molecular flexibility index (Phi) is 5.82. The van der Waals surface area contributed by atoms with Crippen LogP contribution in [0.25, 0.3) is 0 Å². The Morgan fingerprint density at radius 2 is 1.94 bits per heavy atom. The van der Waals surface area contributed by atoms with Crippen molar-refractivity contribution < 1.29 is 14.3 Å². The fraction of sp³-hybridized carbons (Fsp3) is 0.583. The van der Waals surface area contributed by atoms with Crippen LogP contribution in [0.5, 0.6) is 0 Å². The maximum absolute atomic E-state index is 12.1. The van der Waals surface area contributed by atoms with Gasteiger partial charge in [0.1, 0.15) is 0 Å². The average Bonchev–Trinajstić information content (AvgIpc) is 2.82. The number of carbonyl (C=O) groups excluding carboxylic acids is 1. The van der Waals surface area contributed by atoms with Crippen molar-refractivity contribution >= 4 is 5.91 Å². The molecular formula is C12H19NO3. The van der Waals surface area contributed by atoms with Crippen molar-refractivity contribution in [3.8, 4) is 0 Å². The highest BCUT2D eigenvalue weighted by Gasteiger charge is 2.17. The first-order valence-electron chi connectivity index (χ1n) is 5.42. The Balaban J connectivity index is 2.49. The van der Waals surface area contributed by atoms with Gasteiger partial charge in [-0.2, -0.15) is 0 Å². The summed E-state index contributed by atoms with van der Waals surface area (Å²) in [6, 6.07) is 0. The number of ether oxygens (including phenoxy) is 2. The minimum atomic E-state index is 0.0825. The minimum Gasteiger partial charge on any atom is -0.383 e. The SMILES string of the molecule is COCCN(CCOC)C(=O)C1=CC=CC1. The zero-order valence-electron chi connectivity index (χ0n) is 9.94. The molecule has 0 aliphatic heterocycles. The lowest BCUT2D eigenvalue weighted by Crippen LogP contribution is -2.37. The number of amides is 1. The third-order valence-corrected chi connectivity index (χ3v) is 2.46. The van der Waals surface area contributed by atoms with Crippen LogP contribution in [0.2, 0.25) is 0 Å². The molecule has 0 aromatic rings.